The van der Waals surface area contributed by atoms with Crippen molar-refractivity contribution in [3.63, 3.8) is 0 Å². The lowest BCUT2D eigenvalue weighted by Gasteiger charge is -2.42. The minimum atomic E-state index is -0.439. The second kappa shape index (κ2) is 7.00. The zero-order valence-corrected chi connectivity index (χ0v) is 15.2. The Morgan fingerprint density at radius 1 is 1.08 bits per heavy atom. The van der Waals surface area contributed by atoms with Gasteiger partial charge in [0.2, 0.25) is 5.91 Å². The molecule has 1 fully saturated rings. The van der Waals surface area contributed by atoms with Gasteiger partial charge in [-0.2, -0.15) is 0 Å². The molecular formula is C21H19NO3S. The molecule has 2 aromatic rings. The summed E-state index contributed by atoms with van der Waals surface area (Å²) < 4.78 is 5.53. The van der Waals surface area contributed by atoms with Crippen molar-refractivity contribution >= 4 is 28.5 Å². The maximum Gasteiger partial charge on any atom is 0.356 e. The molecule has 0 radical (unpaired) electrons. The summed E-state index contributed by atoms with van der Waals surface area (Å²) in [4.78, 5) is 27.8. The Hall–Kier alpha value is -2.53. The molecule has 0 spiro atoms. The first-order chi connectivity index (χ1) is 12.7. The van der Waals surface area contributed by atoms with E-state index in [1.54, 1.807) is 16.7 Å². The maximum atomic E-state index is 12.8. The van der Waals surface area contributed by atoms with Gasteiger partial charge in [-0.05, 0) is 17.5 Å². The number of hydrogen-bond acceptors (Lipinski definition) is 4. The molecular weight excluding hydrogens is 346 g/mol. The van der Waals surface area contributed by atoms with E-state index < -0.39 is 5.97 Å². The average molecular weight is 365 g/mol. The molecule has 2 aromatic carbocycles. The van der Waals surface area contributed by atoms with Gasteiger partial charge in [-0.15, -0.1) is 0 Å². The second-order valence-electron chi connectivity index (χ2n) is 6.34. The van der Waals surface area contributed by atoms with Crippen LogP contribution in [-0.2, 0) is 20.9 Å². The number of thioether (sulfide) groups is 1. The van der Waals surface area contributed by atoms with Gasteiger partial charge in [0, 0.05) is 4.91 Å². The molecule has 4 rings (SSSR count). The highest BCUT2D eigenvalue weighted by atomic mass is 32.2. The third-order valence-electron chi connectivity index (χ3n) is 4.73. The van der Waals surface area contributed by atoms with Gasteiger partial charge in [0.15, 0.2) is 0 Å². The molecule has 4 nitrogen and oxygen atoms in total. The van der Waals surface area contributed by atoms with Crippen molar-refractivity contribution < 1.29 is 14.3 Å². The highest BCUT2D eigenvalue weighted by molar-refractivity contribution is 8.09. The van der Waals surface area contributed by atoms with Crippen LogP contribution in [0.1, 0.15) is 24.5 Å². The van der Waals surface area contributed by atoms with Crippen molar-refractivity contribution in [1.82, 2.24) is 4.90 Å². The van der Waals surface area contributed by atoms with Gasteiger partial charge < -0.3 is 4.74 Å². The van der Waals surface area contributed by atoms with Crippen LogP contribution in [0.3, 0.4) is 0 Å². The Balaban J connectivity index is 1.62. The number of amides is 1. The third kappa shape index (κ3) is 2.82. The van der Waals surface area contributed by atoms with Crippen molar-refractivity contribution in [1.29, 1.82) is 0 Å². The van der Waals surface area contributed by atoms with Crippen LogP contribution >= 0.6 is 11.8 Å². The molecule has 2 heterocycles. The summed E-state index contributed by atoms with van der Waals surface area (Å²) in [5, 5.41) is 0.00183. The molecule has 2 aliphatic heterocycles. The maximum absolute atomic E-state index is 12.8. The van der Waals surface area contributed by atoms with E-state index in [2.05, 4.69) is 0 Å². The Labute approximate surface area is 156 Å². The fourth-order valence-corrected chi connectivity index (χ4v) is 4.93. The standard InChI is InChI=1S/C21H19NO3S/c1-2-16-19(23)22-17(21(24)25-13-14-9-5-3-6-10-14)18(26-20(16)22)15-11-7-4-8-12-15/h3-12,16,20H,2,13H2,1H3/t16?,20-/m1/s1. The minimum absolute atomic E-state index is 0.00183. The monoisotopic (exact) mass is 365 g/mol. The highest BCUT2D eigenvalue weighted by Crippen LogP contribution is 2.53. The molecule has 0 N–H and O–H groups in total. The summed E-state index contributed by atoms with van der Waals surface area (Å²) in [5.41, 5.74) is 2.25. The molecule has 0 bridgehead atoms. The number of rotatable bonds is 5. The second-order valence-corrected chi connectivity index (χ2v) is 7.46. The molecule has 0 aliphatic carbocycles. The molecule has 2 atom stereocenters. The third-order valence-corrected chi connectivity index (χ3v) is 6.18. The van der Waals surface area contributed by atoms with Gasteiger partial charge in [-0.25, -0.2) is 4.79 Å². The van der Waals surface area contributed by atoms with Crippen LogP contribution in [-0.4, -0.2) is 22.2 Å². The molecule has 1 amide bonds. The van der Waals surface area contributed by atoms with Crippen LogP contribution in [0.2, 0.25) is 0 Å². The van der Waals surface area contributed by atoms with E-state index in [4.69, 9.17) is 4.74 Å². The summed E-state index contributed by atoms with van der Waals surface area (Å²) in [6, 6.07) is 19.3. The average Bonchev–Trinajstić information content (AvgIpc) is 3.04. The predicted molar refractivity (Wildman–Crippen MR) is 102 cm³/mol. The zero-order valence-electron chi connectivity index (χ0n) is 14.4. The van der Waals surface area contributed by atoms with Gasteiger partial charge in [-0.1, -0.05) is 79.3 Å². The van der Waals surface area contributed by atoms with E-state index >= 15 is 0 Å². The molecule has 1 saturated heterocycles. The van der Waals surface area contributed by atoms with Crippen molar-refractivity contribution in [2.45, 2.75) is 25.3 Å². The van der Waals surface area contributed by atoms with Crippen molar-refractivity contribution in [2.24, 2.45) is 5.92 Å². The number of carbonyl (C=O) groups is 2. The number of hydrogen-bond donors (Lipinski definition) is 0. The van der Waals surface area contributed by atoms with E-state index in [0.29, 0.717) is 5.70 Å². The Bertz CT molecular complexity index is 863. The van der Waals surface area contributed by atoms with Crippen LogP contribution in [0.25, 0.3) is 4.91 Å². The zero-order chi connectivity index (χ0) is 18.1. The van der Waals surface area contributed by atoms with Gasteiger partial charge >= 0.3 is 5.97 Å². The summed E-state index contributed by atoms with van der Waals surface area (Å²) in [5.74, 6) is -0.452. The normalized spacial score (nSPS) is 21.4. The number of benzene rings is 2. The van der Waals surface area contributed by atoms with Gasteiger partial charge in [0.05, 0.1) is 11.3 Å². The number of carbonyl (C=O) groups excluding carboxylic acids is 2. The molecule has 132 valence electrons. The fraction of sp³-hybridized carbons (Fsp3) is 0.238. The van der Waals surface area contributed by atoms with Gasteiger partial charge in [0.1, 0.15) is 12.3 Å². The predicted octanol–water partition coefficient (Wildman–Crippen LogP) is 4.04. The first-order valence-electron chi connectivity index (χ1n) is 8.71. The number of ether oxygens (including phenoxy) is 1. The topological polar surface area (TPSA) is 46.6 Å². The minimum Gasteiger partial charge on any atom is -0.456 e. The summed E-state index contributed by atoms with van der Waals surface area (Å²) in [6.45, 7) is 2.20. The van der Waals surface area contributed by atoms with Gasteiger partial charge in [-0.3, -0.25) is 9.69 Å². The number of esters is 1. The van der Waals surface area contributed by atoms with E-state index in [9.17, 15) is 9.59 Å². The Kier molecular flexibility index (Phi) is 4.55. The molecule has 5 heteroatoms. The quantitative estimate of drug-likeness (QED) is 0.593. The molecule has 1 unspecified atom stereocenters. The first-order valence-corrected chi connectivity index (χ1v) is 9.59. The van der Waals surface area contributed by atoms with E-state index in [1.165, 1.54) is 0 Å². The lowest BCUT2D eigenvalue weighted by atomic mass is 9.94. The van der Waals surface area contributed by atoms with Crippen molar-refractivity contribution in [2.75, 3.05) is 0 Å². The first kappa shape index (κ1) is 16.9. The number of nitrogens with zero attached hydrogens (tertiary/aromatic N) is 1. The molecule has 26 heavy (non-hydrogen) atoms. The fourth-order valence-electron chi connectivity index (χ4n) is 3.34. The van der Waals surface area contributed by atoms with Crippen LogP contribution < -0.4 is 0 Å². The SMILES string of the molecule is CCC1C(=O)N2C(C(=O)OCc3ccccc3)=C(c3ccccc3)S[C@H]12. The van der Waals surface area contributed by atoms with Crippen LogP contribution in [0.5, 0.6) is 0 Å². The van der Waals surface area contributed by atoms with E-state index in [1.807, 2.05) is 67.6 Å². The Morgan fingerprint density at radius 2 is 1.73 bits per heavy atom. The molecule has 2 aliphatic rings. The Morgan fingerprint density at radius 3 is 2.38 bits per heavy atom. The number of fused-ring (bicyclic) bond motifs is 1. The highest BCUT2D eigenvalue weighted by Gasteiger charge is 2.55. The largest absolute Gasteiger partial charge is 0.456 e. The summed E-state index contributed by atoms with van der Waals surface area (Å²) in [7, 11) is 0. The lowest BCUT2D eigenvalue weighted by molar-refractivity contribution is -0.154. The van der Waals surface area contributed by atoms with E-state index in [-0.39, 0.29) is 23.8 Å². The summed E-state index contributed by atoms with van der Waals surface area (Å²) in [6.07, 6.45) is 0.779. The van der Waals surface area contributed by atoms with Crippen molar-refractivity contribution in [3.8, 4) is 0 Å². The van der Waals surface area contributed by atoms with Crippen LogP contribution in [0.4, 0.5) is 0 Å². The van der Waals surface area contributed by atoms with E-state index in [0.717, 1.165) is 22.5 Å². The number of β-lactam (4-membered cyclic amide) rings is 1. The molecule has 0 saturated carbocycles. The van der Waals surface area contributed by atoms with Gasteiger partial charge in [0.25, 0.3) is 0 Å². The molecule has 0 aromatic heterocycles. The van der Waals surface area contributed by atoms with Crippen LogP contribution in [0, 0.1) is 5.92 Å². The lowest BCUT2D eigenvalue weighted by Crippen LogP contribution is -2.57. The van der Waals surface area contributed by atoms with Crippen molar-refractivity contribution in [3.05, 3.63) is 77.5 Å². The summed E-state index contributed by atoms with van der Waals surface area (Å²) >= 11 is 1.59. The van der Waals surface area contributed by atoms with Crippen LogP contribution in [0.15, 0.2) is 66.4 Å². The smallest absolute Gasteiger partial charge is 0.356 e.